The van der Waals surface area contributed by atoms with Crippen LogP contribution in [0.4, 0.5) is 29.3 Å². The molecular formula is C20H16F3N5O2. The highest BCUT2D eigenvalue weighted by atomic mass is 19.4. The summed E-state index contributed by atoms with van der Waals surface area (Å²) in [5.41, 5.74) is -1.02. The number of amides is 3. The average molecular weight is 415 g/mol. The van der Waals surface area contributed by atoms with Crippen LogP contribution >= 0.6 is 0 Å². The van der Waals surface area contributed by atoms with E-state index < -0.39 is 29.3 Å². The van der Waals surface area contributed by atoms with Gasteiger partial charge in [-0.1, -0.05) is 30.3 Å². The van der Waals surface area contributed by atoms with Crippen molar-refractivity contribution in [1.29, 1.82) is 0 Å². The average Bonchev–Trinajstić information content (AvgIpc) is 2.94. The van der Waals surface area contributed by atoms with Gasteiger partial charge in [-0.15, -0.1) is 0 Å². The fourth-order valence-electron chi connectivity index (χ4n) is 4.13. The first kappa shape index (κ1) is 18.5. The topological polar surface area (TPSA) is 77.0 Å². The summed E-state index contributed by atoms with van der Waals surface area (Å²) >= 11 is 0. The highest BCUT2D eigenvalue weighted by molar-refractivity contribution is 6.29. The van der Waals surface area contributed by atoms with E-state index in [1.54, 1.807) is 4.90 Å². The zero-order valence-corrected chi connectivity index (χ0v) is 15.5. The van der Waals surface area contributed by atoms with Crippen LogP contribution in [0.1, 0.15) is 11.1 Å². The molecule has 2 aromatic carbocycles. The van der Waals surface area contributed by atoms with E-state index in [1.165, 1.54) is 11.0 Å². The Kier molecular flexibility index (Phi) is 3.83. The maximum atomic E-state index is 13.2. The molecule has 5 rings (SSSR count). The van der Waals surface area contributed by atoms with Crippen LogP contribution in [0.5, 0.6) is 0 Å². The molecule has 2 N–H and O–H groups in total. The summed E-state index contributed by atoms with van der Waals surface area (Å²) in [5.74, 6) is -0.375. The number of carbonyl (C=O) groups excluding carboxylic acids is 2. The van der Waals surface area contributed by atoms with Crippen LogP contribution in [0.25, 0.3) is 0 Å². The predicted octanol–water partition coefficient (Wildman–Crippen LogP) is 2.80. The third-order valence-corrected chi connectivity index (χ3v) is 5.51. The number of aliphatic imine (C=N–C) groups is 1. The van der Waals surface area contributed by atoms with Crippen LogP contribution in [0.3, 0.4) is 0 Å². The number of urea groups is 1. The molecule has 0 saturated carbocycles. The second kappa shape index (κ2) is 6.22. The number of fused-ring (bicyclic) bond motifs is 3. The van der Waals surface area contributed by atoms with Crippen molar-refractivity contribution < 1.29 is 22.8 Å². The SMILES string of the molecule is O=C1NC(=O)C23Nc4cc(C(F)(F)F)ccc4N(CCN12)C3=NCc1ccccc1. The zero-order chi connectivity index (χ0) is 21.1. The van der Waals surface area contributed by atoms with Crippen LogP contribution < -0.4 is 15.5 Å². The first-order valence-corrected chi connectivity index (χ1v) is 9.29. The number of hydrogen-bond acceptors (Lipinski definition) is 4. The van der Waals surface area contributed by atoms with E-state index in [4.69, 9.17) is 0 Å². The Morgan fingerprint density at radius 2 is 1.83 bits per heavy atom. The summed E-state index contributed by atoms with van der Waals surface area (Å²) < 4.78 is 39.7. The van der Waals surface area contributed by atoms with Gasteiger partial charge in [0, 0.05) is 13.1 Å². The summed E-state index contributed by atoms with van der Waals surface area (Å²) in [4.78, 5) is 32.9. The standard InChI is InChI=1S/C20H16F3N5O2/c21-20(22,23)13-6-7-15-14(10-13)26-19-16(24-11-12-4-2-1-3-5-12)27(15)8-9-28(19)18(30)25-17(19)29/h1-7,10,26H,8-9,11H2,(H,25,29,30). The lowest BCUT2D eigenvalue weighted by atomic mass is 9.96. The van der Waals surface area contributed by atoms with Crippen molar-refractivity contribution in [3.63, 3.8) is 0 Å². The van der Waals surface area contributed by atoms with E-state index in [-0.39, 0.29) is 24.6 Å². The number of rotatable bonds is 2. The molecule has 7 nitrogen and oxygen atoms in total. The molecule has 10 heteroatoms. The Labute approximate surface area is 169 Å². The summed E-state index contributed by atoms with van der Waals surface area (Å²) in [5, 5.41) is 5.17. The molecule has 1 atom stereocenters. The van der Waals surface area contributed by atoms with Crippen molar-refractivity contribution >= 4 is 29.1 Å². The van der Waals surface area contributed by atoms with Crippen LogP contribution in [-0.2, 0) is 17.5 Å². The van der Waals surface area contributed by atoms with Gasteiger partial charge in [0.05, 0.1) is 23.5 Å². The van der Waals surface area contributed by atoms with Gasteiger partial charge in [-0.2, -0.15) is 13.2 Å². The van der Waals surface area contributed by atoms with Crippen LogP contribution in [0.2, 0.25) is 0 Å². The van der Waals surface area contributed by atoms with Crippen molar-refractivity contribution in [3.05, 3.63) is 59.7 Å². The minimum Gasteiger partial charge on any atom is -0.347 e. The Balaban J connectivity index is 1.66. The van der Waals surface area contributed by atoms with Gasteiger partial charge in [0.1, 0.15) is 0 Å². The fraction of sp³-hybridized carbons (Fsp3) is 0.250. The summed E-state index contributed by atoms with van der Waals surface area (Å²) in [6.45, 7) is 0.771. The molecule has 2 saturated heterocycles. The second-order valence-corrected chi connectivity index (χ2v) is 7.25. The molecule has 1 unspecified atom stereocenters. The number of piperazine rings is 1. The number of nitrogens with zero attached hydrogens (tertiary/aromatic N) is 3. The summed E-state index contributed by atoms with van der Waals surface area (Å²) in [6.07, 6.45) is -4.53. The number of benzene rings is 2. The highest BCUT2D eigenvalue weighted by Gasteiger charge is 2.63. The predicted molar refractivity (Wildman–Crippen MR) is 103 cm³/mol. The molecule has 30 heavy (non-hydrogen) atoms. The van der Waals surface area contributed by atoms with Gasteiger partial charge >= 0.3 is 12.2 Å². The van der Waals surface area contributed by atoms with Gasteiger partial charge in [-0.25, -0.2) is 4.79 Å². The van der Waals surface area contributed by atoms with Gasteiger partial charge in [-0.3, -0.25) is 20.0 Å². The Morgan fingerprint density at radius 1 is 1.07 bits per heavy atom. The number of alkyl halides is 3. The smallest absolute Gasteiger partial charge is 0.347 e. The molecule has 1 spiro atoms. The van der Waals surface area contributed by atoms with Crippen molar-refractivity contribution in [1.82, 2.24) is 10.2 Å². The van der Waals surface area contributed by atoms with E-state index in [0.29, 0.717) is 12.2 Å². The largest absolute Gasteiger partial charge is 0.416 e. The normalized spacial score (nSPS) is 23.8. The Bertz CT molecular complexity index is 1090. The molecule has 2 aromatic rings. The molecule has 2 fully saturated rings. The molecule has 154 valence electrons. The third-order valence-electron chi connectivity index (χ3n) is 5.51. The first-order chi connectivity index (χ1) is 14.3. The van der Waals surface area contributed by atoms with E-state index in [0.717, 1.165) is 17.7 Å². The molecule has 3 aliphatic heterocycles. The van der Waals surface area contributed by atoms with Crippen molar-refractivity contribution in [2.45, 2.75) is 18.4 Å². The van der Waals surface area contributed by atoms with Crippen molar-refractivity contribution in [2.75, 3.05) is 23.3 Å². The number of hydrogen-bond donors (Lipinski definition) is 2. The first-order valence-electron chi connectivity index (χ1n) is 9.29. The molecule has 3 aliphatic rings. The second-order valence-electron chi connectivity index (χ2n) is 7.25. The van der Waals surface area contributed by atoms with E-state index in [9.17, 15) is 22.8 Å². The van der Waals surface area contributed by atoms with Gasteiger partial charge in [-0.05, 0) is 23.8 Å². The number of amidine groups is 1. The van der Waals surface area contributed by atoms with E-state index >= 15 is 0 Å². The van der Waals surface area contributed by atoms with Crippen molar-refractivity contribution in [3.8, 4) is 0 Å². The molecular weight excluding hydrogens is 399 g/mol. The maximum absolute atomic E-state index is 13.2. The number of nitrogens with one attached hydrogen (secondary N) is 2. The molecule has 3 amide bonds. The monoisotopic (exact) mass is 415 g/mol. The van der Waals surface area contributed by atoms with Gasteiger partial charge < -0.3 is 10.2 Å². The molecule has 3 heterocycles. The van der Waals surface area contributed by atoms with Gasteiger partial charge in [0.25, 0.3) is 11.6 Å². The molecule has 2 bridgehead atoms. The quantitative estimate of drug-likeness (QED) is 0.740. The van der Waals surface area contributed by atoms with E-state index in [1.807, 2.05) is 30.3 Å². The number of halogens is 3. The molecule has 0 aromatic heterocycles. The number of anilines is 2. The number of imide groups is 1. The van der Waals surface area contributed by atoms with Crippen LogP contribution in [0, 0.1) is 0 Å². The lowest BCUT2D eigenvalue weighted by Gasteiger charge is -2.50. The lowest BCUT2D eigenvalue weighted by molar-refractivity contribution is -0.137. The van der Waals surface area contributed by atoms with E-state index in [2.05, 4.69) is 15.6 Å². The highest BCUT2D eigenvalue weighted by Crippen LogP contribution is 2.44. The minimum absolute atomic E-state index is 0.123. The Morgan fingerprint density at radius 3 is 2.57 bits per heavy atom. The fourth-order valence-corrected chi connectivity index (χ4v) is 4.13. The summed E-state index contributed by atoms with van der Waals surface area (Å²) in [6, 6.07) is 12.1. The molecule has 0 radical (unpaired) electrons. The lowest BCUT2D eigenvalue weighted by Crippen LogP contribution is -2.72. The maximum Gasteiger partial charge on any atom is 0.416 e. The van der Waals surface area contributed by atoms with Crippen molar-refractivity contribution in [2.24, 2.45) is 4.99 Å². The number of carbonyl (C=O) groups is 2. The summed E-state index contributed by atoms with van der Waals surface area (Å²) in [7, 11) is 0. The third kappa shape index (κ3) is 2.56. The van der Waals surface area contributed by atoms with Gasteiger partial charge in [0.15, 0.2) is 5.84 Å². The zero-order valence-electron chi connectivity index (χ0n) is 15.5. The Hall–Kier alpha value is -3.56. The van der Waals surface area contributed by atoms with Crippen LogP contribution in [0.15, 0.2) is 53.5 Å². The molecule has 0 aliphatic carbocycles. The van der Waals surface area contributed by atoms with Crippen LogP contribution in [-0.4, -0.2) is 41.4 Å². The minimum atomic E-state index is -4.53. The van der Waals surface area contributed by atoms with Gasteiger partial charge in [0.2, 0.25) is 0 Å².